The van der Waals surface area contributed by atoms with Crippen molar-refractivity contribution >= 4 is 23.8 Å². The van der Waals surface area contributed by atoms with E-state index < -0.39 is 70.9 Å². The molecule has 2 saturated heterocycles. The molecule has 2 amide bonds. The molecule has 22 heteroatoms. The van der Waals surface area contributed by atoms with Crippen LogP contribution in [-0.2, 0) is 23.7 Å². The van der Waals surface area contributed by atoms with Gasteiger partial charge in [0.2, 0.25) is 0 Å². The molecule has 4 heterocycles. The predicted octanol–water partition coefficient (Wildman–Crippen LogP) is 4.64. The lowest BCUT2D eigenvalue weighted by Gasteiger charge is -2.33. The summed E-state index contributed by atoms with van der Waals surface area (Å²) in [5.41, 5.74) is 3.41. The Morgan fingerprint density at radius 1 is 0.557 bits per heavy atom. The summed E-state index contributed by atoms with van der Waals surface area (Å²) in [6, 6.07) is 19.0. The van der Waals surface area contributed by atoms with Crippen LogP contribution in [0.3, 0.4) is 0 Å². The number of halogens is 6. The number of hydrogen-bond acceptors (Lipinski definition) is 10. The number of aryl methyl sites for hydroxylation is 2. The van der Waals surface area contributed by atoms with Crippen LogP contribution in [0.4, 0.5) is 26.3 Å². The van der Waals surface area contributed by atoms with Gasteiger partial charge in [-0.05, 0) is 97.7 Å². The van der Waals surface area contributed by atoms with E-state index in [-0.39, 0.29) is 35.0 Å². The van der Waals surface area contributed by atoms with Crippen LogP contribution in [0.5, 0.6) is 0 Å². The average molecular weight is 979 g/mol. The van der Waals surface area contributed by atoms with E-state index in [2.05, 4.69) is 31.5 Å². The standard InChI is InChI=1S/2C22H21F3N4O.C4H6O6/c2*1-29-9-7-20(28-29)14-2-4-16(18(24)11-14)22(30)27-21-12-26-8-6-15(21)13-3-5-17(23)19(25)10-13;5-1(3(7)8)2(6)4(9)10/h2*2-5,7,9-11,15,21,26H,6,8,12H2,1H3,(H,27,30);1-2,5-6H,(H,7,8)(H,9,10)/t2*15-,21+;/m00./s1. The van der Waals surface area contributed by atoms with Gasteiger partial charge in [-0.25, -0.2) is 35.9 Å². The molecule has 0 bridgehead atoms. The van der Waals surface area contributed by atoms with Crippen LogP contribution in [0.2, 0.25) is 0 Å². The Balaban J connectivity index is 0.000000193. The highest BCUT2D eigenvalue weighted by Crippen LogP contribution is 2.30. The molecule has 16 nitrogen and oxygen atoms in total. The number of piperidine rings is 2. The van der Waals surface area contributed by atoms with E-state index in [1.165, 1.54) is 36.4 Å². The van der Waals surface area contributed by atoms with E-state index in [9.17, 15) is 45.5 Å². The Morgan fingerprint density at radius 3 is 1.26 bits per heavy atom. The third-order valence-corrected chi connectivity index (χ3v) is 11.6. The van der Waals surface area contributed by atoms with Gasteiger partial charge in [0.15, 0.2) is 35.5 Å². The van der Waals surface area contributed by atoms with Gasteiger partial charge in [-0.15, -0.1) is 0 Å². The normalized spacial score (nSPS) is 18.5. The summed E-state index contributed by atoms with van der Waals surface area (Å²) in [6.45, 7) is 2.26. The first-order chi connectivity index (χ1) is 33.3. The van der Waals surface area contributed by atoms with Crippen molar-refractivity contribution in [2.24, 2.45) is 14.1 Å². The molecule has 2 aliphatic rings. The van der Waals surface area contributed by atoms with Crippen LogP contribution in [-0.4, -0.2) is 114 Å². The number of hydrogen-bond donors (Lipinski definition) is 8. The van der Waals surface area contributed by atoms with Crippen molar-refractivity contribution in [2.45, 2.75) is 49.0 Å². The predicted molar refractivity (Wildman–Crippen MR) is 240 cm³/mol. The Morgan fingerprint density at radius 2 is 0.943 bits per heavy atom. The minimum atomic E-state index is -2.27. The maximum Gasteiger partial charge on any atom is 0.335 e. The number of carbonyl (C=O) groups excluding carboxylic acids is 2. The second-order valence-electron chi connectivity index (χ2n) is 16.4. The van der Waals surface area contributed by atoms with Gasteiger partial charge >= 0.3 is 11.9 Å². The molecule has 70 heavy (non-hydrogen) atoms. The molecule has 370 valence electrons. The maximum absolute atomic E-state index is 14.7. The topological polar surface area (TPSA) is 233 Å². The van der Waals surface area contributed by atoms with Gasteiger partial charge in [0.05, 0.1) is 22.5 Å². The molecule has 2 aromatic heterocycles. The summed E-state index contributed by atoms with van der Waals surface area (Å²) in [6.07, 6.45) is 0.244. The van der Waals surface area contributed by atoms with E-state index >= 15 is 0 Å². The van der Waals surface area contributed by atoms with Crippen molar-refractivity contribution in [1.29, 1.82) is 0 Å². The fraction of sp³-hybridized carbons (Fsp3) is 0.292. The van der Waals surface area contributed by atoms with Gasteiger partial charge in [0.25, 0.3) is 11.8 Å². The Bertz CT molecular complexity index is 2660. The smallest absolute Gasteiger partial charge is 0.335 e. The summed E-state index contributed by atoms with van der Waals surface area (Å²) < 4.78 is 86.5. The van der Waals surface area contributed by atoms with E-state index in [0.29, 0.717) is 72.7 Å². The number of aliphatic hydroxyl groups excluding tert-OH is 2. The third-order valence-electron chi connectivity index (χ3n) is 11.6. The van der Waals surface area contributed by atoms with Gasteiger partial charge in [-0.1, -0.05) is 24.3 Å². The molecule has 0 saturated carbocycles. The molecule has 2 aliphatic heterocycles. The molecule has 8 rings (SSSR count). The van der Waals surface area contributed by atoms with Crippen molar-refractivity contribution in [3.05, 3.63) is 154 Å². The number of benzene rings is 4. The number of nitrogens with zero attached hydrogens (tertiary/aromatic N) is 4. The number of carbonyl (C=O) groups is 4. The molecule has 0 spiro atoms. The van der Waals surface area contributed by atoms with Crippen molar-refractivity contribution < 1.29 is 65.9 Å². The highest BCUT2D eigenvalue weighted by molar-refractivity contribution is 5.96. The highest BCUT2D eigenvalue weighted by Gasteiger charge is 2.32. The zero-order valence-electron chi connectivity index (χ0n) is 37.4. The molecular weight excluding hydrogens is 931 g/mol. The second kappa shape index (κ2) is 23.3. The van der Waals surface area contributed by atoms with Crippen molar-refractivity contribution in [3.63, 3.8) is 0 Å². The van der Waals surface area contributed by atoms with E-state index in [0.717, 1.165) is 24.3 Å². The van der Waals surface area contributed by atoms with Crippen LogP contribution in [0.25, 0.3) is 22.5 Å². The summed E-state index contributed by atoms with van der Waals surface area (Å²) in [4.78, 5) is 45.0. The van der Waals surface area contributed by atoms with Crippen LogP contribution in [0.15, 0.2) is 97.3 Å². The fourth-order valence-electron chi connectivity index (χ4n) is 7.92. The monoisotopic (exact) mass is 978 g/mol. The molecule has 6 atom stereocenters. The van der Waals surface area contributed by atoms with E-state index in [1.54, 1.807) is 60.1 Å². The van der Waals surface area contributed by atoms with Gasteiger partial charge in [0.1, 0.15) is 11.6 Å². The lowest BCUT2D eigenvalue weighted by molar-refractivity contribution is -0.165. The zero-order chi connectivity index (χ0) is 50.8. The summed E-state index contributed by atoms with van der Waals surface area (Å²) in [5, 5.41) is 53.0. The number of aliphatic hydroxyl groups is 2. The van der Waals surface area contributed by atoms with Crippen molar-refractivity contribution in [3.8, 4) is 22.5 Å². The van der Waals surface area contributed by atoms with Gasteiger partial charge in [-0.3, -0.25) is 19.0 Å². The fourth-order valence-corrected chi connectivity index (χ4v) is 7.92. The number of carboxylic acid groups (broad SMARTS) is 2. The lowest BCUT2D eigenvalue weighted by atomic mass is 9.85. The summed E-state index contributed by atoms with van der Waals surface area (Å²) in [7, 11) is 3.53. The number of aliphatic carboxylic acids is 2. The quantitative estimate of drug-likeness (QED) is 0.0831. The Kier molecular flexibility index (Phi) is 17.3. The largest absolute Gasteiger partial charge is 0.479 e. The highest BCUT2D eigenvalue weighted by atomic mass is 19.2. The minimum absolute atomic E-state index is 0.0794. The number of carboxylic acids is 2. The number of rotatable bonds is 11. The minimum Gasteiger partial charge on any atom is -0.479 e. The first-order valence-electron chi connectivity index (χ1n) is 21.6. The number of aromatic nitrogens is 4. The maximum atomic E-state index is 14.7. The molecule has 6 aromatic rings. The second-order valence-corrected chi connectivity index (χ2v) is 16.4. The van der Waals surface area contributed by atoms with Crippen LogP contribution < -0.4 is 21.3 Å². The molecular formula is C48H48F6N8O8. The zero-order valence-corrected chi connectivity index (χ0v) is 37.4. The van der Waals surface area contributed by atoms with Crippen LogP contribution in [0, 0.1) is 34.9 Å². The van der Waals surface area contributed by atoms with E-state index in [4.69, 9.17) is 20.4 Å². The molecule has 0 radical (unpaired) electrons. The number of nitrogens with one attached hydrogen (secondary N) is 4. The Hall–Kier alpha value is -7.40. The summed E-state index contributed by atoms with van der Waals surface area (Å²) >= 11 is 0. The molecule has 0 aliphatic carbocycles. The Labute approximate surface area is 396 Å². The van der Waals surface area contributed by atoms with E-state index in [1.807, 2.05) is 0 Å². The van der Waals surface area contributed by atoms with Crippen molar-refractivity contribution in [1.82, 2.24) is 40.8 Å². The number of amides is 2. The van der Waals surface area contributed by atoms with Gasteiger partial charge in [-0.2, -0.15) is 10.2 Å². The van der Waals surface area contributed by atoms with Gasteiger partial charge < -0.3 is 41.7 Å². The lowest BCUT2D eigenvalue weighted by Crippen LogP contribution is -2.50. The van der Waals surface area contributed by atoms with Crippen molar-refractivity contribution in [2.75, 3.05) is 26.2 Å². The van der Waals surface area contributed by atoms with Gasteiger partial charge in [0, 0.05) is 74.6 Å². The molecule has 4 aromatic carbocycles. The van der Waals surface area contributed by atoms with Crippen LogP contribution >= 0.6 is 0 Å². The summed E-state index contributed by atoms with van der Waals surface area (Å²) in [5.74, 6) is -10.0. The first-order valence-corrected chi connectivity index (χ1v) is 21.6. The van der Waals surface area contributed by atoms with Crippen LogP contribution in [0.1, 0.15) is 56.5 Å². The third kappa shape index (κ3) is 13.0. The average Bonchev–Trinajstić information content (AvgIpc) is 3.98. The molecule has 2 fully saturated rings. The molecule has 8 N–H and O–H groups in total. The first kappa shape index (κ1) is 52.0. The molecule has 2 unspecified atom stereocenters. The SMILES string of the molecule is Cn1ccc(-c2ccc(C(=O)N[C@@H]3CNCC[C@H]3c3ccc(F)c(F)c3)c(F)c2)n1.Cn1ccc(-c2ccc(C(=O)N[C@@H]3CNCC[C@H]3c3ccc(F)c(F)c3)c(F)c2)n1.O=C(O)C(O)C(O)C(=O)O.